The van der Waals surface area contributed by atoms with E-state index in [1.54, 1.807) is 6.08 Å². The summed E-state index contributed by atoms with van der Waals surface area (Å²) in [7, 11) is 0. The van der Waals surface area contributed by atoms with Gasteiger partial charge in [-0.25, -0.2) is 0 Å². The monoisotopic (exact) mass is 204 g/mol. The molecule has 78 valence electrons. The van der Waals surface area contributed by atoms with E-state index in [-0.39, 0.29) is 6.42 Å². The zero-order valence-electron chi connectivity index (χ0n) is 8.23. The van der Waals surface area contributed by atoms with Crippen LogP contribution in [0.1, 0.15) is 12.8 Å². The average molecular weight is 204 g/mol. The molecule has 0 heterocycles. The maximum Gasteiger partial charge on any atom is 0.307 e. The van der Waals surface area contributed by atoms with E-state index >= 15 is 0 Å². The van der Waals surface area contributed by atoms with E-state index in [1.807, 2.05) is 0 Å². The lowest BCUT2D eigenvalue weighted by Gasteiger charge is -1.86. The van der Waals surface area contributed by atoms with Crippen molar-refractivity contribution < 1.29 is 15.0 Å². The average Bonchev–Trinajstić information content (AvgIpc) is 2.21. The van der Waals surface area contributed by atoms with Crippen LogP contribution < -0.4 is 0 Å². The fraction of sp³-hybridized carbons (Fsp3) is 0.250. The van der Waals surface area contributed by atoms with Crippen molar-refractivity contribution in [1.82, 2.24) is 0 Å². The first kappa shape index (κ1) is 13.0. The minimum Gasteiger partial charge on any atom is -0.481 e. The minimum absolute atomic E-state index is 0.00252. The Morgan fingerprint density at radius 1 is 1.40 bits per heavy atom. The van der Waals surface area contributed by atoms with Gasteiger partial charge in [0.25, 0.3) is 0 Å². The summed E-state index contributed by atoms with van der Waals surface area (Å²) in [4.78, 5) is 10.1. The van der Waals surface area contributed by atoms with Crippen LogP contribution in [0.25, 0.3) is 0 Å². The van der Waals surface area contributed by atoms with Crippen molar-refractivity contribution in [1.29, 1.82) is 0 Å². The Morgan fingerprint density at radius 2 is 2.13 bits per heavy atom. The molecule has 0 spiro atoms. The smallest absolute Gasteiger partial charge is 0.307 e. The topological polar surface area (TPSA) is 57.5 Å². The summed E-state index contributed by atoms with van der Waals surface area (Å²) in [5, 5.41) is 17.2. The second-order valence-corrected chi connectivity index (χ2v) is 2.53. The Labute approximate surface area is 89.1 Å². The number of carboxylic acid groups (broad SMARTS) is 1. The summed E-state index contributed by atoms with van der Waals surface area (Å²) in [5.74, 6) is 9.23. The fourth-order valence-electron chi connectivity index (χ4n) is 0.591. The lowest BCUT2D eigenvalue weighted by atomic mass is 10.3. The Bertz CT molecular complexity index is 358. The summed E-state index contributed by atoms with van der Waals surface area (Å²) < 4.78 is 0. The first-order chi connectivity index (χ1) is 7.16. The molecule has 0 bridgehead atoms. The molecule has 0 fully saturated rings. The van der Waals surface area contributed by atoms with Crippen molar-refractivity contribution in [2.75, 3.05) is 0 Å². The lowest BCUT2D eigenvalue weighted by Crippen LogP contribution is -1.94. The fourth-order valence-corrected chi connectivity index (χ4v) is 0.591. The van der Waals surface area contributed by atoms with Crippen LogP contribution in [-0.2, 0) is 4.79 Å². The van der Waals surface area contributed by atoms with Crippen molar-refractivity contribution in [2.45, 2.75) is 18.9 Å². The standard InChI is InChI=1S/C12H12O3/c1-2-11(13)9-7-5-3-4-6-8-10-12(14)15/h2,6,8,11,13H,1,4,10H2,(H,14,15)/t11-/m1/s1. The van der Waals surface area contributed by atoms with Gasteiger partial charge in [-0.05, 0) is 11.8 Å². The highest BCUT2D eigenvalue weighted by atomic mass is 16.4. The van der Waals surface area contributed by atoms with E-state index in [9.17, 15) is 4.79 Å². The van der Waals surface area contributed by atoms with E-state index in [1.165, 1.54) is 12.2 Å². The molecular formula is C12H12O3. The van der Waals surface area contributed by atoms with Crippen molar-refractivity contribution in [2.24, 2.45) is 0 Å². The van der Waals surface area contributed by atoms with Gasteiger partial charge >= 0.3 is 5.97 Å². The van der Waals surface area contributed by atoms with Crippen LogP contribution in [0.4, 0.5) is 0 Å². The molecule has 2 N–H and O–H groups in total. The molecule has 0 aromatic carbocycles. The normalized spacial score (nSPS) is 10.7. The van der Waals surface area contributed by atoms with Gasteiger partial charge in [-0.1, -0.05) is 36.6 Å². The van der Waals surface area contributed by atoms with Gasteiger partial charge in [0.2, 0.25) is 0 Å². The van der Waals surface area contributed by atoms with Gasteiger partial charge in [0.15, 0.2) is 0 Å². The van der Waals surface area contributed by atoms with E-state index in [0.29, 0.717) is 6.42 Å². The number of aliphatic hydroxyl groups is 1. The number of allylic oxidation sites excluding steroid dienone is 1. The first-order valence-electron chi connectivity index (χ1n) is 4.32. The number of hydrogen-bond donors (Lipinski definition) is 2. The summed E-state index contributed by atoms with van der Waals surface area (Å²) in [6, 6.07) is 0. The minimum atomic E-state index is -0.867. The van der Waals surface area contributed by atoms with E-state index in [4.69, 9.17) is 10.2 Å². The number of aliphatic hydroxyl groups excluding tert-OH is 1. The molecule has 0 unspecified atom stereocenters. The molecule has 0 amide bonds. The Kier molecular flexibility index (Phi) is 7.49. The zero-order valence-corrected chi connectivity index (χ0v) is 8.23. The van der Waals surface area contributed by atoms with Crippen LogP contribution in [0.2, 0.25) is 0 Å². The molecule has 0 saturated carbocycles. The third-order valence-corrected chi connectivity index (χ3v) is 1.27. The van der Waals surface area contributed by atoms with Gasteiger partial charge in [-0.2, -0.15) is 0 Å². The van der Waals surface area contributed by atoms with Crippen LogP contribution in [-0.4, -0.2) is 22.3 Å². The highest BCUT2D eigenvalue weighted by Gasteiger charge is 1.87. The van der Waals surface area contributed by atoms with Crippen LogP contribution in [0, 0.1) is 23.7 Å². The van der Waals surface area contributed by atoms with Gasteiger partial charge in [0.1, 0.15) is 6.10 Å². The largest absolute Gasteiger partial charge is 0.481 e. The molecule has 0 aromatic heterocycles. The highest BCUT2D eigenvalue weighted by Crippen LogP contribution is 1.85. The third kappa shape index (κ3) is 9.95. The van der Waals surface area contributed by atoms with E-state index < -0.39 is 12.1 Å². The molecule has 0 rings (SSSR count). The Balaban J connectivity index is 3.79. The zero-order chi connectivity index (χ0) is 11.5. The van der Waals surface area contributed by atoms with Gasteiger partial charge in [0, 0.05) is 6.42 Å². The second kappa shape index (κ2) is 8.62. The van der Waals surface area contributed by atoms with Gasteiger partial charge in [0.05, 0.1) is 6.42 Å². The molecule has 0 aliphatic carbocycles. The maximum atomic E-state index is 10.1. The van der Waals surface area contributed by atoms with Crippen molar-refractivity contribution in [3.63, 3.8) is 0 Å². The lowest BCUT2D eigenvalue weighted by molar-refractivity contribution is -0.136. The van der Waals surface area contributed by atoms with E-state index in [0.717, 1.165) is 0 Å². The highest BCUT2D eigenvalue weighted by molar-refractivity contribution is 5.68. The molecule has 3 nitrogen and oxygen atoms in total. The van der Waals surface area contributed by atoms with Crippen LogP contribution in [0.3, 0.4) is 0 Å². The van der Waals surface area contributed by atoms with Gasteiger partial charge in [-0.15, -0.1) is 0 Å². The molecule has 0 aromatic rings. The number of hydrogen-bond acceptors (Lipinski definition) is 2. The summed E-state index contributed by atoms with van der Waals surface area (Å²) in [6.45, 7) is 3.35. The molecular weight excluding hydrogens is 192 g/mol. The number of rotatable bonds is 4. The van der Waals surface area contributed by atoms with Crippen LogP contribution in [0.5, 0.6) is 0 Å². The third-order valence-electron chi connectivity index (χ3n) is 1.27. The molecule has 0 aliphatic heterocycles. The predicted molar refractivity (Wildman–Crippen MR) is 57.8 cm³/mol. The number of aliphatic carboxylic acids is 1. The summed E-state index contributed by atoms with van der Waals surface area (Å²) in [6.07, 6.45) is 4.10. The number of carboxylic acids is 1. The molecule has 0 saturated heterocycles. The number of carbonyl (C=O) groups is 1. The van der Waals surface area contributed by atoms with Crippen molar-refractivity contribution >= 4 is 5.97 Å². The SMILES string of the molecule is C=C[C@@H](O)C#CC#CCC=CCC(=O)O. The Morgan fingerprint density at radius 3 is 2.73 bits per heavy atom. The summed E-state index contributed by atoms with van der Waals surface area (Å²) in [5.41, 5.74) is 0. The quantitative estimate of drug-likeness (QED) is 0.529. The molecule has 15 heavy (non-hydrogen) atoms. The predicted octanol–water partition coefficient (Wildman–Crippen LogP) is 0.961. The maximum absolute atomic E-state index is 10.1. The van der Waals surface area contributed by atoms with Crippen LogP contribution in [0.15, 0.2) is 24.8 Å². The second-order valence-electron chi connectivity index (χ2n) is 2.53. The van der Waals surface area contributed by atoms with Crippen molar-refractivity contribution in [3.05, 3.63) is 24.8 Å². The molecule has 0 aliphatic rings. The van der Waals surface area contributed by atoms with Crippen molar-refractivity contribution in [3.8, 4) is 23.7 Å². The molecule has 1 atom stereocenters. The molecule has 0 radical (unpaired) electrons. The van der Waals surface area contributed by atoms with Gasteiger partial charge in [-0.3, -0.25) is 4.79 Å². The van der Waals surface area contributed by atoms with Crippen LogP contribution >= 0.6 is 0 Å². The first-order valence-corrected chi connectivity index (χ1v) is 4.32. The van der Waals surface area contributed by atoms with E-state index in [2.05, 4.69) is 30.3 Å². The van der Waals surface area contributed by atoms with Gasteiger partial charge < -0.3 is 10.2 Å². The molecule has 3 heteroatoms. The Hall–Kier alpha value is -1.97. The summed E-state index contributed by atoms with van der Waals surface area (Å²) >= 11 is 0.